The molecule has 4 heteroatoms. The fourth-order valence-electron chi connectivity index (χ4n) is 3.36. The Bertz CT molecular complexity index is 273. The first kappa shape index (κ1) is 22.9. The van der Waals surface area contributed by atoms with Crippen molar-refractivity contribution >= 4 is 0 Å². The van der Waals surface area contributed by atoms with E-state index >= 15 is 0 Å². The molecule has 0 amide bonds. The van der Waals surface area contributed by atoms with E-state index in [1.54, 1.807) is 0 Å². The van der Waals surface area contributed by atoms with Crippen molar-refractivity contribution < 1.29 is 0 Å². The minimum Gasteiger partial charge on any atom is -0.317 e. The molecule has 0 aromatic heterocycles. The highest BCUT2D eigenvalue weighted by atomic mass is 14.9. The summed E-state index contributed by atoms with van der Waals surface area (Å²) in [5.41, 5.74) is 0. The molecule has 1 aliphatic rings. The Morgan fingerprint density at radius 1 is 0.560 bits per heavy atom. The van der Waals surface area contributed by atoms with Crippen LogP contribution in [0.1, 0.15) is 71.6 Å². The number of hydrogen-bond donors (Lipinski definition) is 4. The molecule has 4 nitrogen and oxygen atoms in total. The van der Waals surface area contributed by atoms with E-state index < -0.39 is 0 Å². The Morgan fingerprint density at radius 2 is 1.04 bits per heavy atom. The zero-order chi connectivity index (χ0) is 18.0. The molecule has 1 fully saturated rings. The second-order valence-corrected chi connectivity index (χ2v) is 7.74. The Hall–Kier alpha value is -0.160. The van der Waals surface area contributed by atoms with Crippen molar-refractivity contribution in [3.05, 3.63) is 0 Å². The SMILES string of the molecule is CCCCCCNCCCCNC[C@H]1C[C@@H]1CNCCCCNCC. The molecule has 0 saturated heterocycles. The fourth-order valence-corrected chi connectivity index (χ4v) is 3.36. The van der Waals surface area contributed by atoms with Gasteiger partial charge >= 0.3 is 0 Å². The van der Waals surface area contributed by atoms with Crippen molar-refractivity contribution in [1.82, 2.24) is 21.3 Å². The fraction of sp³-hybridized carbons (Fsp3) is 1.00. The highest BCUT2D eigenvalue weighted by molar-refractivity contribution is 4.89. The summed E-state index contributed by atoms with van der Waals surface area (Å²) in [6.07, 6.45) is 12.1. The minimum atomic E-state index is 0.936. The first-order valence-corrected chi connectivity index (χ1v) is 11.2. The molecule has 0 aliphatic heterocycles. The third kappa shape index (κ3) is 14.7. The Labute approximate surface area is 157 Å². The highest BCUT2D eigenvalue weighted by Gasteiger charge is 2.35. The lowest BCUT2D eigenvalue weighted by Crippen LogP contribution is -2.24. The smallest absolute Gasteiger partial charge is 0.00173 e. The molecular weight excluding hydrogens is 308 g/mol. The van der Waals surface area contributed by atoms with Gasteiger partial charge in [0, 0.05) is 0 Å². The Balaban J connectivity index is 1.71. The van der Waals surface area contributed by atoms with Crippen LogP contribution in [0.4, 0.5) is 0 Å². The molecule has 1 aliphatic carbocycles. The van der Waals surface area contributed by atoms with E-state index in [2.05, 4.69) is 35.1 Å². The van der Waals surface area contributed by atoms with Crippen LogP contribution in [-0.2, 0) is 0 Å². The van der Waals surface area contributed by atoms with Gasteiger partial charge in [-0.25, -0.2) is 0 Å². The molecule has 25 heavy (non-hydrogen) atoms. The van der Waals surface area contributed by atoms with Gasteiger partial charge in [-0.15, -0.1) is 0 Å². The molecule has 2 atom stereocenters. The summed E-state index contributed by atoms with van der Waals surface area (Å²) in [5.74, 6) is 1.87. The molecular formula is C21H46N4. The van der Waals surface area contributed by atoms with Gasteiger partial charge in [0.05, 0.1) is 0 Å². The standard InChI is InChI=1S/C21H46N4/c1-3-5-6-7-13-23-14-9-11-16-25-19-21-17-20(21)18-24-15-10-8-12-22-4-2/h20-25H,3-19H2,1-2H3/t20-,21-/m1/s1. The summed E-state index contributed by atoms with van der Waals surface area (Å²) < 4.78 is 0. The van der Waals surface area contributed by atoms with Gasteiger partial charge < -0.3 is 21.3 Å². The summed E-state index contributed by atoms with van der Waals surface area (Å²) in [4.78, 5) is 0. The quantitative estimate of drug-likeness (QED) is 0.254. The molecule has 1 saturated carbocycles. The van der Waals surface area contributed by atoms with Crippen LogP contribution in [0, 0.1) is 11.8 Å². The van der Waals surface area contributed by atoms with Gasteiger partial charge in [-0.2, -0.15) is 0 Å². The predicted molar refractivity (Wildman–Crippen MR) is 111 cm³/mol. The largest absolute Gasteiger partial charge is 0.317 e. The van der Waals surface area contributed by atoms with Crippen LogP contribution in [0.3, 0.4) is 0 Å². The van der Waals surface area contributed by atoms with E-state index in [4.69, 9.17) is 0 Å². The lowest BCUT2D eigenvalue weighted by atomic mass is 10.2. The van der Waals surface area contributed by atoms with Crippen LogP contribution in [0.2, 0.25) is 0 Å². The highest BCUT2D eigenvalue weighted by Crippen LogP contribution is 2.36. The first-order chi connectivity index (χ1) is 12.4. The summed E-state index contributed by atoms with van der Waals surface area (Å²) in [6.45, 7) is 14.0. The van der Waals surface area contributed by atoms with Gasteiger partial charge in [-0.05, 0) is 103 Å². The van der Waals surface area contributed by atoms with Crippen molar-refractivity contribution in [3.63, 3.8) is 0 Å². The molecule has 0 aromatic carbocycles. The third-order valence-corrected chi connectivity index (χ3v) is 5.25. The second-order valence-electron chi connectivity index (χ2n) is 7.74. The first-order valence-electron chi connectivity index (χ1n) is 11.2. The number of unbranched alkanes of at least 4 members (excludes halogenated alkanes) is 5. The summed E-state index contributed by atoms with van der Waals surface area (Å²) in [7, 11) is 0. The van der Waals surface area contributed by atoms with Gasteiger partial charge in [0.2, 0.25) is 0 Å². The molecule has 0 spiro atoms. The van der Waals surface area contributed by atoms with Crippen LogP contribution in [0.25, 0.3) is 0 Å². The summed E-state index contributed by atoms with van der Waals surface area (Å²) >= 11 is 0. The van der Waals surface area contributed by atoms with Gasteiger partial charge in [-0.3, -0.25) is 0 Å². The van der Waals surface area contributed by atoms with Crippen molar-refractivity contribution in [2.45, 2.75) is 71.6 Å². The van der Waals surface area contributed by atoms with E-state index in [1.807, 2.05) is 0 Å². The molecule has 4 N–H and O–H groups in total. The molecule has 0 heterocycles. The maximum absolute atomic E-state index is 3.66. The predicted octanol–water partition coefficient (Wildman–Crippen LogP) is 3.14. The summed E-state index contributed by atoms with van der Waals surface area (Å²) in [5, 5.41) is 14.2. The van der Waals surface area contributed by atoms with E-state index in [0.717, 1.165) is 18.4 Å². The van der Waals surface area contributed by atoms with Crippen LogP contribution < -0.4 is 21.3 Å². The van der Waals surface area contributed by atoms with Gasteiger partial charge in [0.25, 0.3) is 0 Å². The van der Waals surface area contributed by atoms with Crippen molar-refractivity contribution in [2.75, 3.05) is 52.4 Å². The average molecular weight is 355 g/mol. The summed E-state index contributed by atoms with van der Waals surface area (Å²) in [6, 6.07) is 0. The molecule has 150 valence electrons. The van der Waals surface area contributed by atoms with Crippen molar-refractivity contribution in [3.8, 4) is 0 Å². The van der Waals surface area contributed by atoms with Crippen LogP contribution in [-0.4, -0.2) is 52.4 Å². The molecule has 0 aromatic rings. The van der Waals surface area contributed by atoms with Gasteiger partial charge in [-0.1, -0.05) is 33.1 Å². The molecule has 0 radical (unpaired) electrons. The lowest BCUT2D eigenvalue weighted by molar-refractivity contribution is 0.526. The lowest BCUT2D eigenvalue weighted by Gasteiger charge is -2.07. The minimum absolute atomic E-state index is 0.936. The van der Waals surface area contributed by atoms with Crippen LogP contribution in [0.5, 0.6) is 0 Å². The molecule has 0 bridgehead atoms. The maximum Gasteiger partial charge on any atom is -0.00173 e. The van der Waals surface area contributed by atoms with Crippen LogP contribution in [0.15, 0.2) is 0 Å². The van der Waals surface area contributed by atoms with E-state index in [-0.39, 0.29) is 0 Å². The van der Waals surface area contributed by atoms with E-state index in [1.165, 1.54) is 104 Å². The van der Waals surface area contributed by atoms with Crippen LogP contribution >= 0.6 is 0 Å². The maximum atomic E-state index is 3.66. The molecule has 1 rings (SSSR count). The van der Waals surface area contributed by atoms with Gasteiger partial charge in [0.15, 0.2) is 0 Å². The monoisotopic (exact) mass is 354 g/mol. The zero-order valence-electron chi connectivity index (χ0n) is 17.2. The Morgan fingerprint density at radius 3 is 1.56 bits per heavy atom. The number of rotatable bonds is 20. The number of hydrogen-bond acceptors (Lipinski definition) is 4. The van der Waals surface area contributed by atoms with Crippen molar-refractivity contribution in [2.24, 2.45) is 11.8 Å². The normalized spacial score (nSPS) is 19.4. The second kappa shape index (κ2) is 17.3. The molecule has 0 unspecified atom stereocenters. The number of nitrogens with one attached hydrogen (secondary N) is 4. The topological polar surface area (TPSA) is 48.1 Å². The van der Waals surface area contributed by atoms with E-state index in [9.17, 15) is 0 Å². The van der Waals surface area contributed by atoms with Gasteiger partial charge in [0.1, 0.15) is 0 Å². The zero-order valence-corrected chi connectivity index (χ0v) is 17.2. The van der Waals surface area contributed by atoms with E-state index in [0.29, 0.717) is 0 Å². The van der Waals surface area contributed by atoms with Crippen molar-refractivity contribution in [1.29, 1.82) is 0 Å². The third-order valence-electron chi connectivity index (χ3n) is 5.25. The Kier molecular flexibility index (Phi) is 15.8. The average Bonchev–Trinajstić information content (AvgIpc) is 3.37.